The molecule has 1 aromatic rings. The second-order valence-electron chi connectivity index (χ2n) is 4.92. The Morgan fingerprint density at radius 1 is 1.17 bits per heavy atom. The van der Waals surface area contributed by atoms with Gasteiger partial charge in [-0.05, 0) is 18.0 Å². The van der Waals surface area contributed by atoms with Crippen molar-refractivity contribution >= 4 is 5.95 Å². The molecule has 0 bridgehead atoms. The summed E-state index contributed by atoms with van der Waals surface area (Å²) in [7, 11) is 0. The summed E-state index contributed by atoms with van der Waals surface area (Å²) in [5.41, 5.74) is 0. The van der Waals surface area contributed by atoms with Gasteiger partial charge in [0.1, 0.15) is 6.04 Å². The third-order valence-electron chi connectivity index (χ3n) is 3.54. The second kappa shape index (κ2) is 5.67. The molecule has 0 spiro atoms. The van der Waals surface area contributed by atoms with Crippen LogP contribution in [0.1, 0.15) is 37.6 Å². The highest BCUT2D eigenvalue weighted by Crippen LogP contribution is 2.20. The Morgan fingerprint density at radius 3 is 2.72 bits per heavy atom. The number of morpholine rings is 1. The average Bonchev–Trinajstić information content (AvgIpc) is 2.76. The molecular weight excluding hydrogens is 232 g/mol. The molecule has 100 valence electrons. The number of hydrogen-bond acceptors (Lipinski definition) is 6. The normalized spacial score (nSPS) is 26.0. The molecule has 1 N–H and O–H groups in total. The topological polar surface area (TPSA) is 63.4 Å². The van der Waals surface area contributed by atoms with Gasteiger partial charge in [-0.25, -0.2) is 0 Å². The summed E-state index contributed by atoms with van der Waals surface area (Å²) in [5.74, 6) is 1.38. The van der Waals surface area contributed by atoms with Gasteiger partial charge in [0.25, 0.3) is 5.95 Å². The molecule has 0 aliphatic carbocycles. The third kappa shape index (κ3) is 2.64. The molecule has 2 aliphatic rings. The van der Waals surface area contributed by atoms with E-state index >= 15 is 0 Å². The molecule has 0 aromatic carbocycles. The largest absolute Gasteiger partial charge is 0.378 e. The maximum absolute atomic E-state index is 5.41. The summed E-state index contributed by atoms with van der Waals surface area (Å²) >= 11 is 0. The first-order chi connectivity index (χ1) is 8.93. The van der Waals surface area contributed by atoms with E-state index in [0.29, 0.717) is 12.5 Å². The SMILES string of the molecule is C1CCCN(c2noc(C3COCCN3)n2)CC1. The Morgan fingerprint density at radius 2 is 2.00 bits per heavy atom. The highest BCUT2D eigenvalue weighted by molar-refractivity contribution is 5.28. The summed E-state index contributed by atoms with van der Waals surface area (Å²) < 4.78 is 10.8. The van der Waals surface area contributed by atoms with Crippen LogP contribution >= 0.6 is 0 Å². The van der Waals surface area contributed by atoms with Crippen LogP contribution in [0.5, 0.6) is 0 Å². The highest BCUT2D eigenvalue weighted by Gasteiger charge is 2.23. The van der Waals surface area contributed by atoms with Crippen molar-refractivity contribution in [2.45, 2.75) is 31.7 Å². The summed E-state index contributed by atoms with van der Waals surface area (Å²) in [6.07, 6.45) is 5.04. The van der Waals surface area contributed by atoms with E-state index in [1.165, 1.54) is 25.7 Å². The van der Waals surface area contributed by atoms with E-state index in [2.05, 4.69) is 20.4 Å². The molecule has 1 atom stereocenters. The highest BCUT2D eigenvalue weighted by atomic mass is 16.5. The van der Waals surface area contributed by atoms with E-state index in [1.807, 2.05) is 0 Å². The summed E-state index contributed by atoms with van der Waals surface area (Å²) in [4.78, 5) is 6.73. The number of aromatic nitrogens is 2. The standard InChI is InChI=1S/C12H20N4O2/c1-2-4-7-16(6-3-1)12-14-11(18-15-12)10-9-17-8-5-13-10/h10,13H,1-9H2. The lowest BCUT2D eigenvalue weighted by Gasteiger charge is -2.20. The van der Waals surface area contributed by atoms with Crippen LogP contribution in [0.4, 0.5) is 5.95 Å². The lowest BCUT2D eigenvalue weighted by molar-refractivity contribution is 0.0659. The van der Waals surface area contributed by atoms with Crippen molar-refractivity contribution in [3.63, 3.8) is 0 Å². The van der Waals surface area contributed by atoms with Gasteiger partial charge in [-0.2, -0.15) is 4.98 Å². The van der Waals surface area contributed by atoms with Gasteiger partial charge in [0.05, 0.1) is 13.2 Å². The minimum atomic E-state index is 0.0481. The van der Waals surface area contributed by atoms with Crippen molar-refractivity contribution in [1.82, 2.24) is 15.5 Å². The first-order valence-corrected chi connectivity index (χ1v) is 6.83. The van der Waals surface area contributed by atoms with Gasteiger partial charge >= 0.3 is 0 Å². The molecule has 6 heteroatoms. The second-order valence-corrected chi connectivity index (χ2v) is 4.92. The van der Waals surface area contributed by atoms with E-state index in [4.69, 9.17) is 9.26 Å². The quantitative estimate of drug-likeness (QED) is 0.850. The van der Waals surface area contributed by atoms with E-state index < -0.39 is 0 Å². The molecule has 1 aromatic heterocycles. The van der Waals surface area contributed by atoms with E-state index in [9.17, 15) is 0 Å². The monoisotopic (exact) mass is 252 g/mol. The molecule has 6 nitrogen and oxygen atoms in total. The zero-order valence-electron chi connectivity index (χ0n) is 10.6. The van der Waals surface area contributed by atoms with Crippen LogP contribution < -0.4 is 10.2 Å². The third-order valence-corrected chi connectivity index (χ3v) is 3.54. The summed E-state index contributed by atoms with van der Waals surface area (Å²) in [5, 5.41) is 7.43. The summed E-state index contributed by atoms with van der Waals surface area (Å²) in [6, 6.07) is 0.0481. The number of anilines is 1. The van der Waals surface area contributed by atoms with Crippen molar-refractivity contribution in [2.24, 2.45) is 0 Å². The number of hydrogen-bond donors (Lipinski definition) is 1. The molecule has 3 rings (SSSR count). The fourth-order valence-electron chi connectivity index (χ4n) is 2.49. The molecule has 1 unspecified atom stereocenters. The van der Waals surface area contributed by atoms with Gasteiger partial charge in [0, 0.05) is 19.6 Å². The predicted molar refractivity (Wildman–Crippen MR) is 66.5 cm³/mol. The van der Waals surface area contributed by atoms with Crippen molar-refractivity contribution in [3.05, 3.63) is 5.89 Å². The first kappa shape index (κ1) is 11.9. The minimum absolute atomic E-state index is 0.0481. The predicted octanol–water partition coefficient (Wildman–Crippen LogP) is 1.11. The Bertz CT molecular complexity index is 368. The first-order valence-electron chi connectivity index (χ1n) is 6.83. The van der Waals surface area contributed by atoms with Gasteiger partial charge in [-0.15, -0.1) is 0 Å². The lowest BCUT2D eigenvalue weighted by atomic mass is 10.2. The number of nitrogens with zero attached hydrogens (tertiary/aromatic N) is 3. The molecule has 0 saturated carbocycles. The average molecular weight is 252 g/mol. The minimum Gasteiger partial charge on any atom is -0.378 e. The van der Waals surface area contributed by atoms with Crippen LogP contribution in [0.15, 0.2) is 4.52 Å². The van der Waals surface area contributed by atoms with Gasteiger partial charge in [0.15, 0.2) is 0 Å². The van der Waals surface area contributed by atoms with Crippen LogP contribution in [0.25, 0.3) is 0 Å². The Labute approximate surface area is 107 Å². The van der Waals surface area contributed by atoms with Crippen molar-refractivity contribution < 1.29 is 9.26 Å². The fourth-order valence-corrected chi connectivity index (χ4v) is 2.49. The molecule has 0 amide bonds. The Hall–Kier alpha value is -1.14. The van der Waals surface area contributed by atoms with E-state index in [0.717, 1.165) is 32.2 Å². The number of ether oxygens (including phenoxy) is 1. The van der Waals surface area contributed by atoms with E-state index in [1.54, 1.807) is 0 Å². The van der Waals surface area contributed by atoms with Gasteiger partial charge in [-0.1, -0.05) is 12.8 Å². The molecule has 2 fully saturated rings. The summed E-state index contributed by atoms with van der Waals surface area (Å²) in [6.45, 7) is 4.28. The van der Waals surface area contributed by atoms with Crippen LogP contribution in [0.3, 0.4) is 0 Å². The van der Waals surface area contributed by atoms with Gasteiger partial charge < -0.3 is 19.5 Å². The Kier molecular flexibility index (Phi) is 3.75. The lowest BCUT2D eigenvalue weighted by Crippen LogP contribution is -2.34. The van der Waals surface area contributed by atoms with E-state index in [-0.39, 0.29) is 6.04 Å². The molecule has 0 radical (unpaired) electrons. The van der Waals surface area contributed by atoms with Crippen molar-refractivity contribution in [1.29, 1.82) is 0 Å². The molecular formula is C12H20N4O2. The molecule has 2 aliphatic heterocycles. The number of nitrogens with one attached hydrogen (secondary N) is 1. The molecule has 3 heterocycles. The zero-order chi connectivity index (χ0) is 12.2. The number of rotatable bonds is 2. The molecule has 2 saturated heterocycles. The molecule has 18 heavy (non-hydrogen) atoms. The maximum atomic E-state index is 5.41. The van der Waals surface area contributed by atoms with Crippen LogP contribution in [-0.4, -0.2) is 43.0 Å². The van der Waals surface area contributed by atoms with Gasteiger partial charge in [-0.3, -0.25) is 0 Å². The van der Waals surface area contributed by atoms with Crippen LogP contribution in [0, 0.1) is 0 Å². The smallest absolute Gasteiger partial charge is 0.266 e. The van der Waals surface area contributed by atoms with Crippen LogP contribution in [-0.2, 0) is 4.74 Å². The van der Waals surface area contributed by atoms with Crippen molar-refractivity contribution in [2.75, 3.05) is 37.7 Å². The Balaban J connectivity index is 1.67. The van der Waals surface area contributed by atoms with Crippen molar-refractivity contribution in [3.8, 4) is 0 Å². The van der Waals surface area contributed by atoms with Crippen LogP contribution in [0.2, 0.25) is 0 Å². The maximum Gasteiger partial charge on any atom is 0.266 e. The zero-order valence-corrected chi connectivity index (χ0v) is 10.6. The van der Waals surface area contributed by atoms with Gasteiger partial charge in [0.2, 0.25) is 5.89 Å². The fraction of sp³-hybridized carbons (Fsp3) is 0.833.